The molecule has 2 aliphatic heterocycles. The Labute approximate surface area is 117 Å². The molecular weight excluding hydrogens is 268 g/mol. The number of carboxylic acids is 1. The number of urea groups is 1. The Morgan fingerprint density at radius 1 is 1.42 bits per heavy atom. The largest absolute Gasteiger partial charge is 0.481 e. The van der Waals surface area contributed by atoms with Crippen LogP contribution < -0.4 is 0 Å². The smallest absolute Gasteiger partial charge is 0.320 e. The predicted molar refractivity (Wildman–Crippen MR) is 72.5 cm³/mol. The molecule has 7 heteroatoms. The Morgan fingerprint density at radius 2 is 2.21 bits per heavy atom. The minimum atomic E-state index is -0.893. The number of carbonyl (C=O) groups is 2. The summed E-state index contributed by atoms with van der Waals surface area (Å²) < 4.78 is 5.29. The van der Waals surface area contributed by atoms with Crippen LogP contribution in [0.4, 0.5) is 4.79 Å². The molecule has 0 saturated carbocycles. The van der Waals surface area contributed by atoms with Crippen LogP contribution in [0.1, 0.15) is 13.3 Å². The molecule has 0 aromatic carbocycles. The first-order valence-electron chi connectivity index (χ1n) is 6.54. The summed E-state index contributed by atoms with van der Waals surface area (Å²) in [7, 11) is 0. The SMILES string of the molecule is CC1CN(C(=O)N2CCOCC2CC(=O)O)CCS1. The van der Waals surface area contributed by atoms with Crippen LogP contribution >= 0.6 is 11.8 Å². The molecule has 2 saturated heterocycles. The second-order valence-electron chi connectivity index (χ2n) is 4.93. The second-order valence-corrected chi connectivity index (χ2v) is 6.48. The molecule has 2 amide bonds. The third-order valence-corrected chi connectivity index (χ3v) is 4.53. The molecule has 2 aliphatic rings. The van der Waals surface area contributed by atoms with Crippen molar-refractivity contribution in [2.75, 3.05) is 38.6 Å². The first-order valence-corrected chi connectivity index (χ1v) is 7.59. The highest BCUT2D eigenvalue weighted by molar-refractivity contribution is 7.99. The fourth-order valence-corrected chi connectivity index (χ4v) is 3.46. The van der Waals surface area contributed by atoms with E-state index in [1.54, 1.807) is 4.90 Å². The van der Waals surface area contributed by atoms with E-state index in [1.807, 2.05) is 16.7 Å². The Hall–Kier alpha value is -0.950. The van der Waals surface area contributed by atoms with Crippen molar-refractivity contribution in [3.05, 3.63) is 0 Å². The van der Waals surface area contributed by atoms with E-state index in [4.69, 9.17) is 9.84 Å². The molecular formula is C12H20N2O4S. The zero-order valence-electron chi connectivity index (χ0n) is 11.1. The van der Waals surface area contributed by atoms with Crippen LogP contribution in [0.25, 0.3) is 0 Å². The van der Waals surface area contributed by atoms with Gasteiger partial charge in [-0.25, -0.2) is 4.79 Å². The number of nitrogens with zero attached hydrogens (tertiary/aromatic N) is 2. The summed E-state index contributed by atoms with van der Waals surface area (Å²) in [5, 5.41) is 9.35. The predicted octanol–water partition coefficient (Wildman–Crippen LogP) is 0.719. The molecule has 6 nitrogen and oxygen atoms in total. The maximum absolute atomic E-state index is 12.5. The Kier molecular flexibility index (Phi) is 4.93. The average molecular weight is 288 g/mol. The summed E-state index contributed by atoms with van der Waals surface area (Å²) in [6.07, 6.45) is -0.0517. The van der Waals surface area contributed by atoms with Gasteiger partial charge in [-0.15, -0.1) is 0 Å². The summed E-state index contributed by atoms with van der Waals surface area (Å²) >= 11 is 1.87. The standard InChI is InChI=1S/C12H20N2O4S/c1-9-7-13(3-5-19-9)12(17)14-2-4-18-8-10(14)6-11(15)16/h9-10H,2-8H2,1H3,(H,15,16). The maximum atomic E-state index is 12.5. The van der Waals surface area contributed by atoms with E-state index < -0.39 is 5.97 Å². The Bertz CT molecular complexity index is 353. The molecule has 19 heavy (non-hydrogen) atoms. The van der Waals surface area contributed by atoms with Gasteiger partial charge in [0.25, 0.3) is 0 Å². The lowest BCUT2D eigenvalue weighted by Gasteiger charge is -2.40. The number of carboxylic acid groups (broad SMARTS) is 1. The van der Waals surface area contributed by atoms with Crippen molar-refractivity contribution < 1.29 is 19.4 Å². The topological polar surface area (TPSA) is 70.1 Å². The molecule has 0 aromatic rings. The van der Waals surface area contributed by atoms with Gasteiger partial charge in [0.1, 0.15) is 0 Å². The lowest BCUT2D eigenvalue weighted by molar-refractivity contribution is -0.139. The molecule has 0 spiro atoms. The highest BCUT2D eigenvalue weighted by Crippen LogP contribution is 2.21. The van der Waals surface area contributed by atoms with Gasteiger partial charge in [-0.05, 0) is 0 Å². The quantitative estimate of drug-likeness (QED) is 0.811. The van der Waals surface area contributed by atoms with Crippen molar-refractivity contribution in [1.82, 2.24) is 9.80 Å². The van der Waals surface area contributed by atoms with E-state index in [9.17, 15) is 9.59 Å². The van der Waals surface area contributed by atoms with Gasteiger partial charge in [-0.1, -0.05) is 6.92 Å². The van der Waals surface area contributed by atoms with E-state index >= 15 is 0 Å². The molecule has 0 aliphatic carbocycles. The van der Waals surface area contributed by atoms with Crippen molar-refractivity contribution in [1.29, 1.82) is 0 Å². The molecule has 0 aromatic heterocycles. The van der Waals surface area contributed by atoms with Gasteiger partial charge >= 0.3 is 12.0 Å². The normalized spacial score (nSPS) is 28.3. The molecule has 2 heterocycles. The monoisotopic (exact) mass is 288 g/mol. The van der Waals surface area contributed by atoms with E-state index in [0.717, 1.165) is 18.8 Å². The second kappa shape index (κ2) is 6.47. The lowest BCUT2D eigenvalue weighted by atomic mass is 10.1. The van der Waals surface area contributed by atoms with Gasteiger partial charge in [-0.3, -0.25) is 4.79 Å². The fraction of sp³-hybridized carbons (Fsp3) is 0.833. The van der Waals surface area contributed by atoms with Crippen LogP contribution in [0.15, 0.2) is 0 Å². The van der Waals surface area contributed by atoms with Crippen molar-refractivity contribution in [3.63, 3.8) is 0 Å². The van der Waals surface area contributed by atoms with Gasteiger partial charge in [0, 0.05) is 30.6 Å². The van der Waals surface area contributed by atoms with E-state index in [0.29, 0.717) is 25.0 Å². The first kappa shape index (κ1) is 14.5. The third-order valence-electron chi connectivity index (χ3n) is 3.40. The number of carbonyl (C=O) groups excluding carboxylic acids is 1. The van der Waals surface area contributed by atoms with Crippen LogP contribution in [-0.2, 0) is 9.53 Å². The maximum Gasteiger partial charge on any atom is 0.320 e. The number of thioether (sulfide) groups is 1. The number of amides is 2. The van der Waals surface area contributed by atoms with Crippen LogP contribution in [0.5, 0.6) is 0 Å². The van der Waals surface area contributed by atoms with Gasteiger partial charge in [0.15, 0.2) is 0 Å². The first-order chi connectivity index (χ1) is 9.08. The highest BCUT2D eigenvalue weighted by atomic mass is 32.2. The summed E-state index contributed by atoms with van der Waals surface area (Å²) in [6.45, 7) is 4.87. The molecule has 0 bridgehead atoms. The molecule has 0 radical (unpaired) electrons. The molecule has 2 atom stereocenters. The van der Waals surface area contributed by atoms with Crippen molar-refractivity contribution in [3.8, 4) is 0 Å². The number of morpholine rings is 1. The molecule has 2 unspecified atom stereocenters. The number of rotatable bonds is 2. The van der Waals surface area contributed by atoms with Crippen LogP contribution in [0.3, 0.4) is 0 Å². The van der Waals surface area contributed by atoms with Gasteiger partial charge in [0.05, 0.1) is 25.7 Å². The summed E-state index contributed by atoms with van der Waals surface area (Å²) in [6, 6.07) is -0.384. The average Bonchev–Trinajstić information content (AvgIpc) is 2.38. The number of hydrogen-bond donors (Lipinski definition) is 1. The Morgan fingerprint density at radius 3 is 2.89 bits per heavy atom. The molecule has 1 N–H and O–H groups in total. The van der Waals surface area contributed by atoms with Crippen molar-refractivity contribution >= 4 is 23.8 Å². The van der Waals surface area contributed by atoms with Crippen LogP contribution in [-0.4, -0.2) is 76.8 Å². The zero-order chi connectivity index (χ0) is 13.8. The van der Waals surface area contributed by atoms with Crippen LogP contribution in [0, 0.1) is 0 Å². The van der Waals surface area contributed by atoms with Gasteiger partial charge in [0.2, 0.25) is 0 Å². The third kappa shape index (κ3) is 3.76. The zero-order valence-corrected chi connectivity index (χ0v) is 11.9. The summed E-state index contributed by atoms with van der Waals surface area (Å²) in [4.78, 5) is 26.8. The molecule has 2 rings (SSSR count). The Balaban J connectivity index is 2.00. The number of hydrogen-bond acceptors (Lipinski definition) is 4. The van der Waals surface area contributed by atoms with Gasteiger partial charge < -0.3 is 19.6 Å². The summed E-state index contributed by atoms with van der Waals surface area (Å²) in [5.74, 6) is 0.0526. The minimum absolute atomic E-state index is 0.0401. The van der Waals surface area contributed by atoms with E-state index in [2.05, 4.69) is 6.92 Å². The van der Waals surface area contributed by atoms with Gasteiger partial charge in [-0.2, -0.15) is 11.8 Å². The lowest BCUT2D eigenvalue weighted by Crippen LogP contribution is -2.56. The van der Waals surface area contributed by atoms with E-state index in [1.165, 1.54) is 0 Å². The number of ether oxygens (including phenoxy) is 1. The molecule has 2 fully saturated rings. The van der Waals surface area contributed by atoms with Crippen molar-refractivity contribution in [2.45, 2.75) is 24.6 Å². The number of aliphatic carboxylic acids is 1. The highest BCUT2D eigenvalue weighted by Gasteiger charge is 2.33. The van der Waals surface area contributed by atoms with Crippen LogP contribution in [0.2, 0.25) is 0 Å². The van der Waals surface area contributed by atoms with Crippen molar-refractivity contribution in [2.24, 2.45) is 0 Å². The fourth-order valence-electron chi connectivity index (χ4n) is 2.45. The van der Waals surface area contributed by atoms with E-state index in [-0.39, 0.29) is 18.5 Å². The molecule has 108 valence electrons. The summed E-state index contributed by atoms with van der Waals surface area (Å²) in [5.41, 5.74) is 0. The minimum Gasteiger partial charge on any atom is -0.481 e.